The Morgan fingerprint density at radius 2 is 1.85 bits per heavy atom. The minimum atomic E-state index is -0.171. The Kier molecular flexibility index (Phi) is 4.53. The number of aryl methyl sites for hydroxylation is 1. The molecule has 1 aliphatic rings. The number of amidine groups is 1. The maximum atomic E-state index is 12.2. The van der Waals surface area contributed by atoms with Gasteiger partial charge in [0.25, 0.3) is 5.91 Å². The lowest BCUT2D eigenvalue weighted by Gasteiger charge is -2.04. The van der Waals surface area contributed by atoms with Gasteiger partial charge in [0.05, 0.1) is 6.54 Å². The predicted molar refractivity (Wildman–Crippen MR) is 102 cm³/mol. The van der Waals surface area contributed by atoms with Crippen molar-refractivity contribution in [3.8, 4) is 22.9 Å². The standard InChI is InChI=1S/C19H16N4O2S/c1-12-3-2-4-15(11-12)18-23-22-17(25-18)14-7-5-13(6-8-14)16(24)21-19-20-9-10-26-19/h2-8,11H,9-10H2,1H3,(H,20,21,24). The summed E-state index contributed by atoms with van der Waals surface area (Å²) in [5.41, 5.74) is 3.33. The highest BCUT2D eigenvalue weighted by molar-refractivity contribution is 8.14. The first kappa shape index (κ1) is 16.5. The normalized spacial score (nSPS) is 13.5. The van der Waals surface area contributed by atoms with Crippen molar-refractivity contribution >= 4 is 22.8 Å². The van der Waals surface area contributed by atoms with Crippen LogP contribution in [0.25, 0.3) is 22.9 Å². The van der Waals surface area contributed by atoms with Gasteiger partial charge in [-0.3, -0.25) is 9.79 Å². The molecule has 0 atom stereocenters. The van der Waals surface area contributed by atoms with Crippen LogP contribution < -0.4 is 5.32 Å². The third kappa shape index (κ3) is 3.52. The number of thioether (sulfide) groups is 1. The topological polar surface area (TPSA) is 80.4 Å². The highest BCUT2D eigenvalue weighted by atomic mass is 32.2. The fraction of sp³-hybridized carbons (Fsp3) is 0.158. The highest BCUT2D eigenvalue weighted by Crippen LogP contribution is 2.24. The summed E-state index contributed by atoms with van der Waals surface area (Å²) in [7, 11) is 0. The molecule has 2 heterocycles. The molecule has 7 heteroatoms. The van der Waals surface area contributed by atoms with Gasteiger partial charge in [0.15, 0.2) is 5.17 Å². The molecular weight excluding hydrogens is 348 g/mol. The van der Waals surface area contributed by atoms with Crippen LogP contribution in [0.4, 0.5) is 0 Å². The molecule has 0 radical (unpaired) electrons. The zero-order valence-electron chi connectivity index (χ0n) is 14.1. The summed E-state index contributed by atoms with van der Waals surface area (Å²) < 4.78 is 5.77. The van der Waals surface area contributed by atoms with Crippen LogP contribution in [0.1, 0.15) is 15.9 Å². The molecule has 1 N–H and O–H groups in total. The van der Waals surface area contributed by atoms with Gasteiger partial charge in [0.2, 0.25) is 11.8 Å². The van der Waals surface area contributed by atoms with Gasteiger partial charge in [-0.15, -0.1) is 10.2 Å². The van der Waals surface area contributed by atoms with Crippen molar-refractivity contribution in [2.75, 3.05) is 12.3 Å². The van der Waals surface area contributed by atoms with E-state index in [9.17, 15) is 4.79 Å². The quantitative estimate of drug-likeness (QED) is 0.769. The Morgan fingerprint density at radius 1 is 1.08 bits per heavy atom. The van der Waals surface area contributed by atoms with E-state index in [0.717, 1.165) is 29.0 Å². The predicted octanol–water partition coefficient (Wildman–Crippen LogP) is 3.54. The minimum Gasteiger partial charge on any atom is -0.416 e. The first-order valence-corrected chi connectivity index (χ1v) is 9.17. The Bertz CT molecular complexity index is 979. The Labute approximate surface area is 154 Å². The van der Waals surface area contributed by atoms with E-state index in [1.165, 1.54) is 0 Å². The molecule has 1 amide bonds. The lowest BCUT2D eigenvalue weighted by molar-refractivity contribution is 0.0978. The van der Waals surface area contributed by atoms with Crippen LogP contribution in [0.5, 0.6) is 0 Å². The lowest BCUT2D eigenvalue weighted by Crippen LogP contribution is -2.27. The second-order valence-electron chi connectivity index (χ2n) is 5.85. The molecule has 1 aromatic heterocycles. The molecule has 0 bridgehead atoms. The van der Waals surface area contributed by atoms with E-state index in [4.69, 9.17) is 4.42 Å². The molecule has 1 aliphatic heterocycles. The smallest absolute Gasteiger partial charge is 0.257 e. The van der Waals surface area contributed by atoms with Crippen molar-refractivity contribution in [3.05, 3.63) is 59.7 Å². The van der Waals surface area contributed by atoms with Crippen molar-refractivity contribution < 1.29 is 9.21 Å². The summed E-state index contributed by atoms with van der Waals surface area (Å²) in [4.78, 5) is 16.4. The van der Waals surface area contributed by atoms with Gasteiger partial charge in [-0.05, 0) is 43.3 Å². The number of rotatable bonds is 3. The van der Waals surface area contributed by atoms with Gasteiger partial charge < -0.3 is 9.73 Å². The largest absolute Gasteiger partial charge is 0.416 e. The highest BCUT2D eigenvalue weighted by Gasteiger charge is 2.14. The van der Waals surface area contributed by atoms with Crippen LogP contribution in [0, 0.1) is 6.92 Å². The van der Waals surface area contributed by atoms with Gasteiger partial charge in [0, 0.05) is 22.4 Å². The maximum Gasteiger partial charge on any atom is 0.257 e. The average molecular weight is 364 g/mol. The molecule has 0 fully saturated rings. The van der Waals surface area contributed by atoms with Gasteiger partial charge >= 0.3 is 0 Å². The minimum absolute atomic E-state index is 0.171. The summed E-state index contributed by atoms with van der Waals surface area (Å²) in [6.07, 6.45) is 0. The van der Waals surface area contributed by atoms with E-state index in [1.54, 1.807) is 36.0 Å². The molecule has 0 saturated heterocycles. The molecule has 4 rings (SSSR count). The Morgan fingerprint density at radius 3 is 2.54 bits per heavy atom. The summed E-state index contributed by atoms with van der Waals surface area (Å²) in [5.74, 6) is 1.64. The molecule has 3 aromatic rings. The zero-order chi connectivity index (χ0) is 17.9. The van der Waals surface area contributed by atoms with E-state index in [1.807, 2.05) is 31.2 Å². The number of nitrogens with one attached hydrogen (secondary N) is 1. The Balaban J connectivity index is 1.51. The molecule has 0 spiro atoms. The van der Waals surface area contributed by atoms with Crippen molar-refractivity contribution in [1.82, 2.24) is 15.5 Å². The fourth-order valence-electron chi connectivity index (χ4n) is 2.58. The van der Waals surface area contributed by atoms with Crippen molar-refractivity contribution in [1.29, 1.82) is 0 Å². The number of carbonyl (C=O) groups is 1. The number of hydrogen-bond acceptors (Lipinski definition) is 6. The first-order valence-electron chi connectivity index (χ1n) is 8.18. The van der Waals surface area contributed by atoms with Crippen LogP contribution in [0.15, 0.2) is 57.9 Å². The van der Waals surface area contributed by atoms with Crippen LogP contribution in [0.3, 0.4) is 0 Å². The van der Waals surface area contributed by atoms with E-state index in [-0.39, 0.29) is 5.91 Å². The molecule has 0 unspecified atom stereocenters. The van der Waals surface area contributed by atoms with Gasteiger partial charge in [-0.1, -0.05) is 29.5 Å². The number of hydrogen-bond donors (Lipinski definition) is 1. The number of aliphatic imine (C=N–C) groups is 1. The molecular formula is C19H16N4O2S. The van der Waals surface area contributed by atoms with Crippen LogP contribution >= 0.6 is 11.8 Å². The summed E-state index contributed by atoms with van der Waals surface area (Å²) in [5, 5.41) is 11.7. The first-order chi connectivity index (χ1) is 12.7. The maximum absolute atomic E-state index is 12.2. The molecule has 6 nitrogen and oxygen atoms in total. The molecule has 0 aliphatic carbocycles. The second-order valence-corrected chi connectivity index (χ2v) is 6.93. The van der Waals surface area contributed by atoms with E-state index in [0.29, 0.717) is 22.5 Å². The fourth-order valence-corrected chi connectivity index (χ4v) is 3.30. The number of aromatic nitrogens is 2. The summed E-state index contributed by atoms with van der Waals surface area (Å²) >= 11 is 1.55. The zero-order valence-corrected chi connectivity index (χ0v) is 14.9. The molecule has 0 saturated carbocycles. The van der Waals surface area contributed by atoms with Crippen molar-refractivity contribution in [2.24, 2.45) is 4.99 Å². The monoisotopic (exact) mass is 364 g/mol. The van der Waals surface area contributed by atoms with Crippen LogP contribution in [-0.2, 0) is 0 Å². The van der Waals surface area contributed by atoms with Crippen LogP contribution in [-0.4, -0.2) is 33.6 Å². The SMILES string of the molecule is Cc1cccc(-c2nnc(-c3ccc(C(=O)NC4=NCCS4)cc3)o2)c1. The molecule has 26 heavy (non-hydrogen) atoms. The van der Waals surface area contributed by atoms with Gasteiger partial charge in [0.1, 0.15) is 0 Å². The number of benzene rings is 2. The third-order valence-electron chi connectivity index (χ3n) is 3.89. The summed E-state index contributed by atoms with van der Waals surface area (Å²) in [6, 6.07) is 15.0. The van der Waals surface area contributed by atoms with E-state index < -0.39 is 0 Å². The van der Waals surface area contributed by atoms with Crippen molar-refractivity contribution in [2.45, 2.75) is 6.92 Å². The Hall–Kier alpha value is -2.93. The molecule has 130 valence electrons. The van der Waals surface area contributed by atoms with Crippen molar-refractivity contribution in [3.63, 3.8) is 0 Å². The molecule has 2 aromatic carbocycles. The number of carbonyl (C=O) groups excluding carboxylic acids is 1. The van der Waals surface area contributed by atoms with Gasteiger partial charge in [-0.25, -0.2) is 0 Å². The number of amides is 1. The third-order valence-corrected chi connectivity index (χ3v) is 4.78. The lowest BCUT2D eigenvalue weighted by atomic mass is 10.1. The van der Waals surface area contributed by atoms with E-state index >= 15 is 0 Å². The van der Waals surface area contributed by atoms with E-state index in [2.05, 4.69) is 20.5 Å². The summed E-state index contributed by atoms with van der Waals surface area (Å²) in [6.45, 7) is 2.76. The van der Waals surface area contributed by atoms with Gasteiger partial charge in [-0.2, -0.15) is 0 Å². The number of nitrogens with zero attached hydrogens (tertiary/aromatic N) is 3. The van der Waals surface area contributed by atoms with Crippen LogP contribution in [0.2, 0.25) is 0 Å². The average Bonchev–Trinajstić information content (AvgIpc) is 3.34. The second kappa shape index (κ2) is 7.13.